The highest BCUT2D eigenvalue weighted by Gasteiger charge is 2.45. The molecule has 7 atom stereocenters. The number of rotatable bonds is 13. The zero-order valence-electron chi connectivity index (χ0n) is 22.2. The average Bonchev–Trinajstić information content (AvgIpc) is 2.97. The first kappa shape index (κ1) is 30.6. The molecule has 12 nitrogen and oxygen atoms in total. The van der Waals surface area contributed by atoms with E-state index >= 15 is 0 Å². The van der Waals surface area contributed by atoms with E-state index in [0.717, 1.165) is 0 Å². The van der Waals surface area contributed by atoms with E-state index in [0.29, 0.717) is 34.1 Å². The Kier molecular flexibility index (Phi) is 10.9. The van der Waals surface area contributed by atoms with E-state index in [-0.39, 0.29) is 18.6 Å². The van der Waals surface area contributed by atoms with Crippen molar-refractivity contribution in [3.8, 4) is 23.0 Å². The average molecular weight is 553 g/mol. The van der Waals surface area contributed by atoms with Gasteiger partial charge in [0.25, 0.3) is 0 Å². The van der Waals surface area contributed by atoms with Crippen molar-refractivity contribution in [2.75, 3.05) is 35.0 Å². The van der Waals surface area contributed by atoms with Crippen LogP contribution in [0.2, 0.25) is 0 Å². The third-order valence-electron chi connectivity index (χ3n) is 6.62. The molecule has 0 saturated carbocycles. The molecule has 1 aliphatic rings. The van der Waals surface area contributed by atoms with Crippen molar-refractivity contribution >= 4 is 5.78 Å². The summed E-state index contributed by atoms with van der Waals surface area (Å²) in [7, 11) is 5.85. The van der Waals surface area contributed by atoms with Crippen LogP contribution in [0.1, 0.15) is 34.9 Å². The van der Waals surface area contributed by atoms with E-state index in [4.69, 9.17) is 28.4 Å². The van der Waals surface area contributed by atoms with Crippen LogP contribution < -0.4 is 18.9 Å². The number of aliphatic hydroxyl groups is 5. The number of ketones is 1. The van der Waals surface area contributed by atoms with Gasteiger partial charge in [-0.25, -0.2) is 0 Å². The second-order valence-electron chi connectivity index (χ2n) is 8.96. The molecule has 1 fully saturated rings. The Bertz CT molecular complexity index is 1090. The number of Topliss-reactive ketones (excluding diaryl/α,β-unsaturated/α-hetero) is 1. The quantitative estimate of drug-likeness (QED) is 0.219. The van der Waals surface area contributed by atoms with Crippen molar-refractivity contribution in [3.63, 3.8) is 0 Å². The summed E-state index contributed by atoms with van der Waals surface area (Å²) in [6.07, 6.45) is -10.2. The van der Waals surface area contributed by atoms with Gasteiger partial charge in [-0.3, -0.25) is 4.79 Å². The van der Waals surface area contributed by atoms with Crippen LogP contribution in [0.3, 0.4) is 0 Å². The molecule has 0 spiro atoms. The minimum atomic E-state index is -1.69. The molecule has 0 aliphatic carbocycles. The Hall–Kier alpha value is -2.97. The number of ether oxygens (including phenoxy) is 6. The predicted molar refractivity (Wildman–Crippen MR) is 136 cm³/mol. The summed E-state index contributed by atoms with van der Waals surface area (Å²) in [6.45, 7) is -0.647. The molecule has 0 radical (unpaired) electrons. The standard InChI is InChI=1S/C27H36O12/c1-34-17-8-5-14(11-20(17)36-3)16(29)7-10-19(23(30)15-6-9-18(35-2)21(12-15)37-4)38-27-26(33)25(32)24(31)22(13-28)39-27/h5-6,8-9,11-12,19,22-28,30-33H,7,10,13H2,1-4H3/t19-,22-,23-,24-,25+,26-,27-/m1/s1. The van der Waals surface area contributed by atoms with E-state index < -0.39 is 49.5 Å². The summed E-state index contributed by atoms with van der Waals surface area (Å²) in [5.41, 5.74) is 0.709. The predicted octanol–water partition coefficient (Wildman–Crippen LogP) is 0.603. The first-order valence-corrected chi connectivity index (χ1v) is 12.3. The molecule has 1 saturated heterocycles. The van der Waals surface area contributed by atoms with Crippen LogP contribution >= 0.6 is 0 Å². The molecule has 0 aromatic heterocycles. The molecule has 2 aromatic rings. The van der Waals surface area contributed by atoms with Gasteiger partial charge in [0, 0.05) is 12.0 Å². The topological polar surface area (TPSA) is 174 Å². The second-order valence-corrected chi connectivity index (χ2v) is 8.96. The van der Waals surface area contributed by atoms with Crippen LogP contribution in [-0.4, -0.2) is 103 Å². The molecule has 216 valence electrons. The lowest BCUT2D eigenvalue weighted by Gasteiger charge is -2.41. The molecular formula is C27H36O12. The van der Waals surface area contributed by atoms with Crippen LogP contribution in [-0.2, 0) is 9.47 Å². The number of hydrogen-bond acceptors (Lipinski definition) is 12. The van der Waals surface area contributed by atoms with E-state index in [1.807, 2.05) is 0 Å². The van der Waals surface area contributed by atoms with E-state index in [1.54, 1.807) is 36.4 Å². The second kappa shape index (κ2) is 13.9. The Morgan fingerprint density at radius 2 is 1.44 bits per heavy atom. The smallest absolute Gasteiger partial charge is 0.187 e. The number of benzene rings is 2. The van der Waals surface area contributed by atoms with Crippen LogP contribution in [0, 0.1) is 0 Å². The summed E-state index contributed by atoms with van der Waals surface area (Å²) in [6, 6.07) is 9.46. The van der Waals surface area contributed by atoms with Crippen LogP contribution in [0.25, 0.3) is 0 Å². The maximum Gasteiger partial charge on any atom is 0.187 e. The normalized spacial score (nSPS) is 24.5. The highest BCUT2D eigenvalue weighted by Crippen LogP contribution is 2.35. The molecule has 1 heterocycles. The van der Waals surface area contributed by atoms with E-state index in [1.165, 1.54) is 28.4 Å². The van der Waals surface area contributed by atoms with Crippen molar-refractivity contribution < 1.29 is 58.7 Å². The zero-order chi connectivity index (χ0) is 28.7. The SMILES string of the molecule is COc1ccc(C(=O)CC[C@@H](O[C@@H]2O[C@H](CO)[C@@H](O)[C@H](O)[C@H]2O)[C@H](O)c2ccc(OC)c(OC)c2)cc1OC. The lowest BCUT2D eigenvalue weighted by atomic mass is 9.96. The first-order chi connectivity index (χ1) is 18.7. The van der Waals surface area contributed by atoms with Gasteiger partial charge in [-0.1, -0.05) is 6.07 Å². The van der Waals surface area contributed by atoms with Crippen molar-refractivity contribution in [2.45, 2.75) is 55.8 Å². The Labute approximate surface area is 226 Å². The van der Waals surface area contributed by atoms with Crippen molar-refractivity contribution in [3.05, 3.63) is 47.5 Å². The number of carbonyl (C=O) groups is 1. The molecule has 12 heteroatoms. The highest BCUT2D eigenvalue weighted by molar-refractivity contribution is 5.96. The molecule has 0 unspecified atom stereocenters. The molecular weight excluding hydrogens is 516 g/mol. The van der Waals surface area contributed by atoms with Crippen LogP contribution in [0.5, 0.6) is 23.0 Å². The number of hydrogen-bond donors (Lipinski definition) is 5. The summed E-state index contributed by atoms with van der Waals surface area (Å²) in [5, 5.41) is 51.6. The van der Waals surface area contributed by atoms with Gasteiger partial charge < -0.3 is 54.0 Å². The minimum absolute atomic E-state index is 0.0300. The molecule has 2 aromatic carbocycles. The summed E-state index contributed by atoms with van der Waals surface area (Å²) < 4.78 is 32.4. The van der Waals surface area contributed by atoms with Crippen LogP contribution in [0.15, 0.2) is 36.4 Å². The third-order valence-corrected chi connectivity index (χ3v) is 6.62. The lowest BCUT2D eigenvalue weighted by Crippen LogP contribution is -2.59. The van der Waals surface area contributed by atoms with Gasteiger partial charge in [0.15, 0.2) is 35.1 Å². The molecule has 0 bridgehead atoms. The Balaban J connectivity index is 1.86. The minimum Gasteiger partial charge on any atom is -0.493 e. The van der Waals surface area contributed by atoms with E-state index in [9.17, 15) is 30.3 Å². The molecule has 39 heavy (non-hydrogen) atoms. The van der Waals surface area contributed by atoms with Crippen LogP contribution in [0.4, 0.5) is 0 Å². The van der Waals surface area contributed by atoms with Crippen molar-refractivity contribution in [1.82, 2.24) is 0 Å². The number of carbonyl (C=O) groups excluding carboxylic acids is 1. The summed E-state index contributed by atoms with van der Waals surface area (Å²) in [4.78, 5) is 13.1. The molecule has 1 aliphatic heterocycles. The van der Waals surface area contributed by atoms with E-state index in [2.05, 4.69) is 0 Å². The Morgan fingerprint density at radius 1 is 0.846 bits per heavy atom. The fourth-order valence-electron chi connectivity index (χ4n) is 4.33. The largest absolute Gasteiger partial charge is 0.493 e. The molecule has 5 N–H and O–H groups in total. The highest BCUT2D eigenvalue weighted by atomic mass is 16.7. The molecule has 3 rings (SSSR count). The van der Waals surface area contributed by atoms with Gasteiger partial charge in [0.05, 0.1) is 41.2 Å². The fourth-order valence-corrected chi connectivity index (χ4v) is 4.33. The zero-order valence-corrected chi connectivity index (χ0v) is 22.2. The first-order valence-electron chi connectivity index (χ1n) is 12.3. The monoisotopic (exact) mass is 552 g/mol. The Morgan fingerprint density at radius 3 is 2.03 bits per heavy atom. The summed E-state index contributed by atoms with van der Waals surface area (Å²) >= 11 is 0. The lowest BCUT2D eigenvalue weighted by molar-refractivity contribution is -0.317. The van der Waals surface area contributed by atoms with Crippen molar-refractivity contribution in [1.29, 1.82) is 0 Å². The molecule has 0 amide bonds. The van der Waals surface area contributed by atoms with Crippen molar-refractivity contribution in [2.24, 2.45) is 0 Å². The maximum atomic E-state index is 13.1. The van der Waals surface area contributed by atoms with Gasteiger partial charge in [0.1, 0.15) is 30.5 Å². The maximum absolute atomic E-state index is 13.1. The van der Waals surface area contributed by atoms with Gasteiger partial charge >= 0.3 is 0 Å². The third kappa shape index (κ3) is 6.97. The number of aliphatic hydroxyl groups excluding tert-OH is 5. The fraction of sp³-hybridized carbons (Fsp3) is 0.519. The van der Waals surface area contributed by atoms with Gasteiger partial charge in [0.2, 0.25) is 0 Å². The van der Waals surface area contributed by atoms with Gasteiger partial charge in [-0.05, 0) is 42.3 Å². The summed E-state index contributed by atoms with van der Waals surface area (Å²) in [5.74, 6) is 1.34. The van der Waals surface area contributed by atoms with Gasteiger partial charge in [-0.2, -0.15) is 0 Å². The number of methoxy groups -OCH3 is 4. The van der Waals surface area contributed by atoms with Gasteiger partial charge in [-0.15, -0.1) is 0 Å².